The number of carbonyl (C=O) groups is 1. The van der Waals surface area contributed by atoms with Crippen LogP contribution >= 0.6 is 0 Å². The minimum atomic E-state index is 0.0971. The van der Waals surface area contributed by atoms with Crippen molar-refractivity contribution in [1.82, 2.24) is 4.90 Å². The molecule has 1 saturated heterocycles. The Hall–Kier alpha value is -1.55. The quantitative estimate of drug-likeness (QED) is 0.927. The third kappa shape index (κ3) is 3.56. The van der Waals surface area contributed by atoms with Gasteiger partial charge in [0.2, 0.25) is 0 Å². The van der Waals surface area contributed by atoms with Crippen LogP contribution in [0.5, 0.6) is 0 Å². The molecule has 4 nitrogen and oxygen atoms in total. The van der Waals surface area contributed by atoms with Gasteiger partial charge in [0.05, 0.1) is 11.7 Å². The molecule has 0 aliphatic carbocycles. The minimum absolute atomic E-state index is 0.0971. The van der Waals surface area contributed by atoms with Crippen molar-refractivity contribution >= 4 is 11.6 Å². The van der Waals surface area contributed by atoms with Gasteiger partial charge in [-0.15, -0.1) is 0 Å². The molecular weight excluding hydrogens is 264 g/mol. The van der Waals surface area contributed by atoms with Crippen LogP contribution in [0.1, 0.15) is 36.2 Å². The van der Waals surface area contributed by atoms with E-state index >= 15 is 0 Å². The molecule has 2 rings (SSSR count). The summed E-state index contributed by atoms with van der Waals surface area (Å²) in [6, 6.07) is 5.96. The maximum absolute atomic E-state index is 12.8. The first-order chi connectivity index (χ1) is 10.1. The summed E-state index contributed by atoms with van der Waals surface area (Å²) in [6.07, 6.45) is 1.13. The van der Waals surface area contributed by atoms with Gasteiger partial charge >= 0.3 is 0 Å². The number of ether oxygens (including phenoxy) is 1. The zero-order valence-electron chi connectivity index (χ0n) is 13.5. The molecule has 0 spiro atoms. The van der Waals surface area contributed by atoms with Gasteiger partial charge in [0.25, 0.3) is 5.91 Å². The Morgan fingerprint density at radius 2 is 2.24 bits per heavy atom. The van der Waals surface area contributed by atoms with Gasteiger partial charge in [-0.25, -0.2) is 0 Å². The van der Waals surface area contributed by atoms with E-state index in [9.17, 15) is 4.79 Å². The fraction of sp³-hybridized carbons (Fsp3) is 0.588. The SMILES string of the molecule is CCNc1cc(C)ccc1C(=O)N1CCC(C)C(OC)C1. The highest BCUT2D eigenvalue weighted by atomic mass is 16.5. The molecule has 116 valence electrons. The topological polar surface area (TPSA) is 41.6 Å². The van der Waals surface area contributed by atoms with E-state index < -0.39 is 0 Å². The van der Waals surface area contributed by atoms with Gasteiger partial charge in [0, 0.05) is 32.4 Å². The minimum Gasteiger partial charge on any atom is -0.385 e. The average Bonchev–Trinajstić information content (AvgIpc) is 2.47. The number of amides is 1. The first kappa shape index (κ1) is 15.8. The largest absolute Gasteiger partial charge is 0.385 e. The van der Waals surface area contributed by atoms with Crippen LogP contribution in [-0.4, -0.2) is 43.7 Å². The van der Waals surface area contributed by atoms with Crippen LogP contribution in [0.3, 0.4) is 0 Å². The first-order valence-electron chi connectivity index (χ1n) is 7.73. The van der Waals surface area contributed by atoms with Crippen LogP contribution in [0.25, 0.3) is 0 Å². The van der Waals surface area contributed by atoms with Gasteiger partial charge in [0.15, 0.2) is 0 Å². The highest BCUT2D eigenvalue weighted by Crippen LogP contribution is 2.24. The van der Waals surface area contributed by atoms with Crippen molar-refractivity contribution in [2.45, 2.75) is 33.3 Å². The highest BCUT2D eigenvalue weighted by molar-refractivity contribution is 5.99. The Morgan fingerprint density at radius 1 is 1.48 bits per heavy atom. The molecule has 21 heavy (non-hydrogen) atoms. The van der Waals surface area contributed by atoms with Crippen molar-refractivity contribution < 1.29 is 9.53 Å². The number of rotatable bonds is 4. The molecule has 0 saturated carbocycles. The standard InChI is InChI=1S/C17H26N2O2/c1-5-18-15-10-12(2)6-7-14(15)17(20)19-9-8-13(3)16(11-19)21-4/h6-7,10,13,16,18H,5,8-9,11H2,1-4H3. The van der Waals surface area contributed by atoms with Crippen molar-refractivity contribution in [2.24, 2.45) is 5.92 Å². The van der Waals surface area contributed by atoms with Crippen molar-refractivity contribution in [3.05, 3.63) is 29.3 Å². The Kier molecular flexibility index (Phi) is 5.23. The van der Waals surface area contributed by atoms with E-state index in [1.54, 1.807) is 7.11 Å². The smallest absolute Gasteiger partial charge is 0.256 e. The van der Waals surface area contributed by atoms with Crippen LogP contribution in [0.15, 0.2) is 18.2 Å². The van der Waals surface area contributed by atoms with Crippen LogP contribution in [0.4, 0.5) is 5.69 Å². The lowest BCUT2D eigenvalue weighted by Gasteiger charge is -2.36. The molecule has 2 atom stereocenters. The molecule has 1 aliphatic rings. The number of anilines is 1. The number of hydrogen-bond donors (Lipinski definition) is 1. The van der Waals surface area contributed by atoms with Crippen LogP contribution < -0.4 is 5.32 Å². The second-order valence-corrected chi connectivity index (χ2v) is 5.87. The highest BCUT2D eigenvalue weighted by Gasteiger charge is 2.30. The number of piperidine rings is 1. The third-order valence-corrected chi connectivity index (χ3v) is 4.25. The average molecular weight is 290 g/mol. The molecule has 0 aromatic heterocycles. The molecule has 4 heteroatoms. The lowest BCUT2D eigenvalue weighted by molar-refractivity contribution is -0.00153. The van der Waals surface area contributed by atoms with Crippen molar-refractivity contribution in [2.75, 3.05) is 32.1 Å². The summed E-state index contributed by atoms with van der Waals surface area (Å²) in [7, 11) is 1.73. The van der Waals surface area contributed by atoms with Gasteiger partial charge < -0.3 is 15.0 Å². The number of aryl methyl sites for hydroxylation is 1. The summed E-state index contributed by atoms with van der Waals surface area (Å²) in [5.74, 6) is 0.602. The Bertz CT molecular complexity index is 502. The van der Waals surface area contributed by atoms with E-state index in [2.05, 4.69) is 12.2 Å². The first-order valence-corrected chi connectivity index (χ1v) is 7.73. The third-order valence-electron chi connectivity index (χ3n) is 4.25. The number of nitrogens with zero attached hydrogens (tertiary/aromatic N) is 1. The summed E-state index contributed by atoms with van der Waals surface area (Å²) in [4.78, 5) is 14.7. The summed E-state index contributed by atoms with van der Waals surface area (Å²) >= 11 is 0. The Balaban J connectivity index is 2.20. The molecule has 1 aromatic carbocycles. The number of nitrogens with one attached hydrogen (secondary N) is 1. The van der Waals surface area contributed by atoms with Crippen LogP contribution in [-0.2, 0) is 4.74 Å². The van der Waals surface area contributed by atoms with Gasteiger partial charge in [-0.05, 0) is 43.9 Å². The van der Waals surface area contributed by atoms with Gasteiger partial charge in [-0.1, -0.05) is 13.0 Å². The fourth-order valence-corrected chi connectivity index (χ4v) is 2.88. The molecule has 1 N–H and O–H groups in total. The van der Waals surface area contributed by atoms with Crippen LogP contribution in [0, 0.1) is 12.8 Å². The number of benzene rings is 1. The molecule has 0 bridgehead atoms. The van der Waals surface area contributed by atoms with E-state index in [1.165, 1.54) is 0 Å². The second-order valence-electron chi connectivity index (χ2n) is 5.87. The molecule has 2 unspecified atom stereocenters. The van der Waals surface area contributed by atoms with E-state index in [1.807, 2.05) is 36.9 Å². The van der Waals surface area contributed by atoms with Gasteiger partial charge in [-0.2, -0.15) is 0 Å². The maximum Gasteiger partial charge on any atom is 0.256 e. The van der Waals surface area contributed by atoms with Crippen LogP contribution in [0.2, 0.25) is 0 Å². The van der Waals surface area contributed by atoms with E-state index in [-0.39, 0.29) is 12.0 Å². The van der Waals surface area contributed by atoms with Crippen molar-refractivity contribution in [3.8, 4) is 0 Å². The predicted molar refractivity (Wildman–Crippen MR) is 85.8 cm³/mol. The number of likely N-dealkylation sites (tertiary alicyclic amines) is 1. The van der Waals surface area contributed by atoms with Gasteiger partial charge in [0.1, 0.15) is 0 Å². The van der Waals surface area contributed by atoms with Crippen molar-refractivity contribution in [1.29, 1.82) is 0 Å². The molecule has 0 radical (unpaired) electrons. The predicted octanol–water partition coefficient (Wildman–Crippen LogP) is 2.92. The number of hydrogen-bond acceptors (Lipinski definition) is 3. The molecule has 1 aliphatic heterocycles. The van der Waals surface area contributed by atoms with E-state index in [0.29, 0.717) is 12.5 Å². The normalized spacial score (nSPS) is 22.2. The molecular formula is C17H26N2O2. The monoisotopic (exact) mass is 290 g/mol. The Labute approximate surface area is 127 Å². The van der Waals surface area contributed by atoms with Gasteiger partial charge in [-0.3, -0.25) is 4.79 Å². The zero-order valence-corrected chi connectivity index (χ0v) is 13.5. The summed E-state index contributed by atoms with van der Waals surface area (Å²) < 4.78 is 5.51. The fourth-order valence-electron chi connectivity index (χ4n) is 2.88. The Morgan fingerprint density at radius 3 is 2.90 bits per heavy atom. The zero-order chi connectivity index (χ0) is 15.4. The summed E-state index contributed by atoms with van der Waals surface area (Å²) in [5, 5.41) is 3.29. The second kappa shape index (κ2) is 6.94. The van der Waals surface area contributed by atoms with Crippen molar-refractivity contribution in [3.63, 3.8) is 0 Å². The molecule has 1 fully saturated rings. The van der Waals surface area contributed by atoms with E-state index in [0.717, 1.165) is 36.3 Å². The number of carbonyl (C=O) groups excluding carboxylic acids is 1. The number of methoxy groups -OCH3 is 1. The lowest BCUT2D eigenvalue weighted by Crippen LogP contribution is -2.46. The molecule has 1 heterocycles. The van der Waals surface area contributed by atoms with E-state index in [4.69, 9.17) is 4.74 Å². The maximum atomic E-state index is 12.8. The lowest BCUT2D eigenvalue weighted by atomic mass is 9.95. The summed E-state index contributed by atoms with van der Waals surface area (Å²) in [5.41, 5.74) is 2.84. The molecule has 1 amide bonds. The summed E-state index contributed by atoms with van der Waals surface area (Å²) in [6.45, 7) is 8.56. The molecule has 1 aromatic rings.